The number of nitrogens with one attached hydrogen (secondary N) is 1. The van der Waals surface area contributed by atoms with Crippen LogP contribution in [0.2, 0.25) is 0 Å². The molecule has 0 heterocycles. The number of aliphatic hydroxyl groups is 1. The van der Waals surface area contributed by atoms with Crippen LogP contribution < -0.4 is 5.32 Å². The predicted octanol–water partition coefficient (Wildman–Crippen LogP) is 2.48. The highest BCUT2D eigenvalue weighted by Crippen LogP contribution is 2.30. The molecule has 104 valence electrons. The molecule has 2 aliphatic carbocycles. The average Bonchev–Trinajstić information content (AvgIpc) is 2.32. The number of carbonyl (C=O) groups is 1. The van der Waals surface area contributed by atoms with Crippen LogP contribution in [-0.4, -0.2) is 23.2 Å². The van der Waals surface area contributed by atoms with E-state index in [1.54, 1.807) is 0 Å². The highest BCUT2D eigenvalue weighted by atomic mass is 16.3. The van der Waals surface area contributed by atoms with Gasteiger partial charge in [-0.25, -0.2) is 0 Å². The summed E-state index contributed by atoms with van der Waals surface area (Å²) in [5, 5.41) is 13.2. The van der Waals surface area contributed by atoms with Gasteiger partial charge in [-0.2, -0.15) is 0 Å². The summed E-state index contributed by atoms with van der Waals surface area (Å²) in [6, 6.07) is 0.347. The van der Waals surface area contributed by atoms with Crippen molar-refractivity contribution in [3.05, 3.63) is 0 Å². The van der Waals surface area contributed by atoms with Crippen molar-refractivity contribution >= 4 is 5.91 Å². The van der Waals surface area contributed by atoms with Crippen molar-refractivity contribution in [3.63, 3.8) is 0 Å². The molecule has 2 fully saturated rings. The van der Waals surface area contributed by atoms with E-state index in [1.807, 2.05) is 0 Å². The minimum Gasteiger partial charge on any atom is -0.392 e. The van der Waals surface area contributed by atoms with Gasteiger partial charge in [-0.3, -0.25) is 4.79 Å². The molecule has 3 atom stereocenters. The average molecular weight is 253 g/mol. The Morgan fingerprint density at radius 3 is 2.22 bits per heavy atom. The Hall–Kier alpha value is -0.570. The van der Waals surface area contributed by atoms with Gasteiger partial charge in [0.1, 0.15) is 0 Å². The van der Waals surface area contributed by atoms with E-state index in [1.165, 1.54) is 12.8 Å². The molecule has 18 heavy (non-hydrogen) atoms. The van der Waals surface area contributed by atoms with Gasteiger partial charge in [0.15, 0.2) is 0 Å². The molecule has 2 aliphatic rings. The minimum absolute atomic E-state index is 0.0916. The maximum absolute atomic E-state index is 12.2. The normalized spacial score (nSPS) is 41.4. The van der Waals surface area contributed by atoms with Gasteiger partial charge in [0, 0.05) is 6.04 Å². The van der Waals surface area contributed by atoms with Crippen molar-refractivity contribution in [2.75, 3.05) is 0 Å². The lowest BCUT2D eigenvalue weighted by Gasteiger charge is -2.33. The first-order valence-electron chi connectivity index (χ1n) is 7.54. The quantitative estimate of drug-likeness (QED) is 0.794. The highest BCUT2D eigenvalue weighted by molar-refractivity contribution is 5.79. The van der Waals surface area contributed by atoms with Gasteiger partial charge in [-0.05, 0) is 56.8 Å². The van der Waals surface area contributed by atoms with Crippen molar-refractivity contribution in [1.82, 2.24) is 5.32 Å². The number of hydrogen-bond acceptors (Lipinski definition) is 2. The van der Waals surface area contributed by atoms with E-state index in [0.717, 1.165) is 38.0 Å². The monoisotopic (exact) mass is 253 g/mol. The Kier molecular flexibility index (Phi) is 4.66. The molecule has 0 aromatic carbocycles. The minimum atomic E-state index is -0.434. The first kappa shape index (κ1) is 13.9. The molecule has 2 rings (SSSR count). The molecule has 0 bridgehead atoms. The molecule has 0 spiro atoms. The van der Waals surface area contributed by atoms with Gasteiger partial charge in [-0.1, -0.05) is 13.8 Å². The van der Waals surface area contributed by atoms with Gasteiger partial charge < -0.3 is 10.4 Å². The predicted molar refractivity (Wildman–Crippen MR) is 72.1 cm³/mol. The fourth-order valence-corrected chi connectivity index (χ4v) is 3.37. The maximum Gasteiger partial charge on any atom is 0.225 e. The first-order valence-corrected chi connectivity index (χ1v) is 7.54. The van der Waals surface area contributed by atoms with E-state index in [9.17, 15) is 9.90 Å². The Balaban J connectivity index is 1.80. The largest absolute Gasteiger partial charge is 0.392 e. The third-order valence-electron chi connectivity index (χ3n) is 4.78. The van der Waals surface area contributed by atoms with Gasteiger partial charge in [0.2, 0.25) is 5.91 Å². The van der Waals surface area contributed by atoms with Crippen LogP contribution in [0.1, 0.15) is 58.8 Å². The van der Waals surface area contributed by atoms with E-state index in [2.05, 4.69) is 19.2 Å². The standard InChI is InChI=1S/C15H27NO2/c1-10-3-6-12(7-4-10)16-15(18)13-8-5-11(2)9-14(13)17/h10-14,17H,3-9H2,1-2H3,(H,16,18). The summed E-state index contributed by atoms with van der Waals surface area (Å²) in [4.78, 5) is 12.2. The Labute approximate surface area is 110 Å². The SMILES string of the molecule is CC1CCC(NC(=O)C2CCC(C)CC2O)CC1. The van der Waals surface area contributed by atoms with Gasteiger partial charge in [0.05, 0.1) is 12.0 Å². The van der Waals surface area contributed by atoms with Crippen LogP contribution in [0, 0.1) is 17.8 Å². The molecule has 3 nitrogen and oxygen atoms in total. The van der Waals surface area contributed by atoms with Crippen LogP contribution in [0.3, 0.4) is 0 Å². The molecule has 1 amide bonds. The van der Waals surface area contributed by atoms with Crippen molar-refractivity contribution in [2.45, 2.75) is 70.9 Å². The summed E-state index contributed by atoms with van der Waals surface area (Å²) in [6.45, 7) is 4.43. The van der Waals surface area contributed by atoms with Gasteiger partial charge >= 0.3 is 0 Å². The number of amides is 1. The second-order valence-corrected chi connectivity index (χ2v) is 6.56. The summed E-state index contributed by atoms with van der Waals surface area (Å²) in [5.41, 5.74) is 0. The fraction of sp³-hybridized carbons (Fsp3) is 0.933. The molecule has 3 heteroatoms. The molecule has 2 saturated carbocycles. The number of hydrogen-bond donors (Lipinski definition) is 2. The highest BCUT2D eigenvalue weighted by Gasteiger charge is 2.33. The van der Waals surface area contributed by atoms with Crippen LogP contribution >= 0.6 is 0 Å². The van der Waals surface area contributed by atoms with Gasteiger partial charge in [-0.15, -0.1) is 0 Å². The van der Waals surface area contributed by atoms with Crippen LogP contribution in [-0.2, 0) is 4.79 Å². The molecule has 0 radical (unpaired) electrons. The lowest BCUT2D eigenvalue weighted by molar-refractivity contribution is -0.131. The maximum atomic E-state index is 12.2. The molecule has 0 saturated heterocycles. The Morgan fingerprint density at radius 2 is 1.61 bits per heavy atom. The zero-order chi connectivity index (χ0) is 13.1. The van der Waals surface area contributed by atoms with Crippen LogP contribution in [0.4, 0.5) is 0 Å². The molecule has 0 aromatic rings. The molecular weight excluding hydrogens is 226 g/mol. The van der Waals surface area contributed by atoms with Crippen molar-refractivity contribution < 1.29 is 9.90 Å². The topological polar surface area (TPSA) is 49.3 Å². The zero-order valence-corrected chi connectivity index (χ0v) is 11.7. The zero-order valence-electron chi connectivity index (χ0n) is 11.7. The van der Waals surface area contributed by atoms with Crippen LogP contribution in [0.25, 0.3) is 0 Å². The third kappa shape index (κ3) is 3.47. The van der Waals surface area contributed by atoms with E-state index in [-0.39, 0.29) is 11.8 Å². The first-order chi connectivity index (χ1) is 8.56. The summed E-state index contributed by atoms with van der Waals surface area (Å²) >= 11 is 0. The molecule has 0 aromatic heterocycles. The third-order valence-corrected chi connectivity index (χ3v) is 4.78. The Morgan fingerprint density at radius 1 is 1.00 bits per heavy atom. The lowest BCUT2D eigenvalue weighted by atomic mass is 9.80. The van der Waals surface area contributed by atoms with Crippen molar-refractivity contribution in [2.24, 2.45) is 17.8 Å². The molecular formula is C15H27NO2. The summed E-state index contributed by atoms with van der Waals surface area (Å²) in [7, 11) is 0. The summed E-state index contributed by atoms with van der Waals surface area (Å²) in [6.07, 6.45) is 6.90. The van der Waals surface area contributed by atoms with Crippen LogP contribution in [0.5, 0.6) is 0 Å². The van der Waals surface area contributed by atoms with Crippen molar-refractivity contribution in [3.8, 4) is 0 Å². The van der Waals surface area contributed by atoms with E-state index in [0.29, 0.717) is 12.0 Å². The molecule has 2 N–H and O–H groups in total. The van der Waals surface area contributed by atoms with E-state index >= 15 is 0 Å². The summed E-state index contributed by atoms with van der Waals surface area (Å²) < 4.78 is 0. The second kappa shape index (κ2) is 6.05. The van der Waals surface area contributed by atoms with Gasteiger partial charge in [0.25, 0.3) is 0 Å². The smallest absolute Gasteiger partial charge is 0.225 e. The van der Waals surface area contributed by atoms with Crippen LogP contribution in [0.15, 0.2) is 0 Å². The number of aliphatic hydroxyl groups excluding tert-OH is 1. The second-order valence-electron chi connectivity index (χ2n) is 6.56. The Bertz CT molecular complexity index is 284. The van der Waals surface area contributed by atoms with E-state index < -0.39 is 6.10 Å². The lowest BCUT2D eigenvalue weighted by Crippen LogP contribution is -2.45. The summed E-state index contributed by atoms with van der Waals surface area (Å²) in [5.74, 6) is 1.29. The number of rotatable bonds is 2. The molecule has 0 aliphatic heterocycles. The van der Waals surface area contributed by atoms with E-state index in [4.69, 9.17) is 0 Å². The fourth-order valence-electron chi connectivity index (χ4n) is 3.37. The molecule has 3 unspecified atom stereocenters. The van der Waals surface area contributed by atoms with Crippen molar-refractivity contribution in [1.29, 1.82) is 0 Å². The number of carbonyl (C=O) groups excluding carboxylic acids is 1.